The van der Waals surface area contributed by atoms with Gasteiger partial charge < -0.3 is 19.0 Å². The van der Waals surface area contributed by atoms with Crippen LogP contribution >= 0.6 is 0 Å². The van der Waals surface area contributed by atoms with Crippen molar-refractivity contribution in [2.75, 3.05) is 26.9 Å². The Bertz CT molecular complexity index is 793. The second-order valence-corrected chi connectivity index (χ2v) is 6.86. The molecule has 0 atom stereocenters. The maximum Gasteiger partial charge on any atom is 0.137 e. The predicted octanol–water partition coefficient (Wildman–Crippen LogP) is 5.26. The molecule has 30 heavy (non-hydrogen) atoms. The Morgan fingerprint density at radius 1 is 0.933 bits per heavy atom. The van der Waals surface area contributed by atoms with Gasteiger partial charge in [0.15, 0.2) is 0 Å². The number of ether oxygens (including phenoxy) is 3. The minimum atomic E-state index is 0.583. The van der Waals surface area contributed by atoms with E-state index >= 15 is 0 Å². The highest BCUT2D eigenvalue weighted by Crippen LogP contribution is 2.28. The number of hydrogen-bond acceptors (Lipinski definition) is 6. The standard InChI is InChI=1S/C24H32N2O4/c1-5-6-12-29-23-15-19(2)24(20(3)16-23)30-14-9-7-8-13-28-22-11-10-21(25-18-22)17-26-27-4/h5-6,10-11,15-18H,7-9,12-14H2,1-4H3/b6-5+,26-17+. The molecule has 0 N–H and O–H groups in total. The van der Waals surface area contributed by atoms with Gasteiger partial charge in [-0.05, 0) is 75.4 Å². The minimum absolute atomic E-state index is 0.583. The molecule has 0 saturated carbocycles. The second kappa shape index (κ2) is 13.2. The number of rotatable bonds is 13. The highest BCUT2D eigenvalue weighted by molar-refractivity contribution is 5.76. The Morgan fingerprint density at radius 3 is 2.30 bits per heavy atom. The first-order valence-electron chi connectivity index (χ1n) is 10.3. The molecule has 0 fully saturated rings. The molecule has 6 heteroatoms. The normalized spacial score (nSPS) is 11.2. The van der Waals surface area contributed by atoms with Gasteiger partial charge in [-0.3, -0.25) is 4.98 Å². The van der Waals surface area contributed by atoms with Gasteiger partial charge in [0.05, 0.1) is 31.3 Å². The van der Waals surface area contributed by atoms with Crippen LogP contribution in [0.5, 0.6) is 17.2 Å². The van der Waals surface area contributed by atoms with Crippen LogP contribution in [0.3, 0.4) is 0 Å². The lowest BCUT2D eigenvalue weighted by Gasteiger charge is -2.14. The highest BCUT2D eigenvalue weighted by atomic mass is 16.6. The van der Waals surface area contributed by atoms with Gasteiger partial charge in [-0.15, -0.1) is 0 Å². The predicted molar refractivity (Wildman–Crippen MR) is 120 cm³/mol. The van der Waals surface area contributed by atoms with E-state index in [2.05, 4.69) is 28.8 Å². The van der Waals surface area contributed by atoms with Gasteiger partial charge in [-0.2, -0.15) is 0 Å². The molecule has 0 spiro atoms. The third kappa shape index (κ3) is 8.15. The highest BCUT2D eigenvalue weighted by Gasteiger charge is 2.07. The van der Waals surface area contributed by atoms with Crippen molar-refractivity contribution in [2.24, 2.45) is 5.16 Å². The zero-order valence-electron chi connectivity index (χ0n) is 18.4. The van der Waals surface area contributed by atoms with Gasteiger partial charge in [-0.25, -0.2) is 0 Å². The molecule has 2 aromatic rings. The third-order valence-electron chi connectivity index (χ3n) is 4.37. The Labute approximate surface area is 179 Å². The number of aromatic nitrogens is 1. The molecule has 162 valence electrons. The molecule has 0 aliphatic heterocycles. The maximum absolute atomic E-state index is 6.02. The Morgan fingerprint density at radius 2 is 1.67 bits per heavy atom. The number of oxime groups is 1. The fourth-order valence-electron chi connectivity index (χ4n) is 2.87. The van der Waals surface area contributed by atoms with Crippen molar-refractivity contribution < 1.29 is 19.0 Å². The lowest BCUT2D eigenvalue weighted by Crippen LogP contribution is -2.03. The third-order valence-corrected chi connectivity index (χ3v) is 4.37. The van der Waals surface area contributed by atoms with E-state index < -0.39 is 0 Å². The van der Waals surface area contributed by atoms with E-state index in [1.165, 1.54) is 7.11 Å². The molecule has 1 aromatic heterocycles. The summed E-state index contributed by atoms with van der Waals surface area (Å²) in [5, 5.41) is 3.68. The average Bonchev–Trinajstić information content (AvgIpc) is 2.74. The first-order valence-corrected chi connectivity index (χ1v) is 10.3. The topological polar surface area (TPSA) is 62.2 Å². The van der Waals surface area contributed by atoms with Crippen LogP contribution in [0.4, 0.5) is 0 Å². The van der Waals surface area contributed by atoms with Crippen LogP contribution in [0.1, 0.15) is 43.0 Å². The van der Waals surface area contributed by atoms with Crippen molar-refractivity contribution in [3.8, 4) is 17.2 Å². The molecule has 1 aromatic carbocycles. The van der Waals surface area contributed by atoms with Gasteiger partial charge >= 0.3 is 0 Å². The number of hydrogen-bond donors (Lipinski definition) is 0. The molecule has 0 unspecified atom stereocenters. The summed E-state index contributed by atoms with van der Waals surface area (Å²) in [5.74, 6) is 2.58. The summed E-state index contributed by atoms with van der Waals surface area (Å²) in [7, 11) is 1.50. The van der Waals surface area contributed by atoms with Gasteiger partial charge in [0.2, 0.25) is 0 Å². The summed E-state index contributed by atoms with van der Waals surface area (Å²) in [4.78, 5) is 8.87. The number of allylic oxidation sites excluding steroid dienone is 1. The summed E-state index contributed by atoms with van der Waals surface area (Å²) < 4.78 is 17.5. The SMILES string of the molecule is C/C=C/COc1cc(C)c(OCCCCCOc2ccc(/C=N/OC)nc2)c(C)c1. The number of benzene rings is 1. The van der Waals surface area contributed by atoms with Crippen molar-refractivity contribution in [3.63, 3.8) is 0 Å². The zero-order chi connectivity index (χ0) is 21.6. The van der Waals surface area contributed by atoms with Crippen molar-refractivity contribution in [3.05, 3.63) is 59.4 Å². The van der Waals surface area contributed by atoms with Crippen LogP contribution in [0.2, 0.25) is 0 Å². The van der Waals surface area contributed by atoms with E-state index in [9.17, 15) is 0 Å². The molecule has 0 bridgehead atoms. The molecule has 0 aliphatic rings. The molecule has 1 heterocycles. The van der Waals surface area contributed by atoms with Crippen molar-refractivity contribution in [1.29, 1.82) is 0 Å². The molecule has 0 saturated heterocycles. The lowest BCUT2D eigenvalue weighted by atomic mass is 10.1. The fraction of sp³-hybridized carbons (Fsp3) is 0.417. The number of aryl methyl sites for hydroxylation is 2. The molecule has 0 amide bonds. The number of nitrogens with zero attached hydrogens (tertiary/aromatic N) is 2. The summed E-state index contributed by atoms with van der Waals surface area (Å²) in [6.45, 7) is 8.02. The summed E-state index contributed by atoms with van der Waals surface area (Å²) in [6.07, 6.45) is 10.2. The van der Waals surface area contributed by atoms with Crippen LogP contribution in [-0.2, 0) is 4.84 Å². The van der Waals surface area contributed by atoms with E-state index in [-0.39, 0.29) is 0 Å². The molecular weight excluding hydrogens is 380 g/mol. The molecule has 0 radical (unpaired) electrons. The van der Waals surface area contributed by atoms with Gasteiger partial charge in [0.25, 0.3) is 0 Å². The minimum Gasteiger partial charge on any atom is -0.493 e. The smallest absolute Gasteiger partial charge is 0.137 e. The van der Waals surface area contributed by atoms with Gasteiger partial charge in [0, 0.05) is 0 Å². The van der Waals surface area contributed by atoms with E-state index in [4.69, 9.17) is 14.2 Å². The maximum atomic E-state index is 6.02. The number of unbranched alkanes of at least 4 members (excludes halogenated alkanes) is 2. The van der Waals surface area contributed by atoms with Gasteiger partial charge in [-0.1, -0.05) is 17.3 Å². The Balaban J connectivity index is 1.65. The average molecular weight is 413 g/mol. The van der Waals surface area contributed by atoms with E-state index in [1.54, 1.807) is 12.4 Å². The summed E-state index contributed by atoms with van der Waals surface area (Å²) in [5.41, 5.74) is 2.92. The first-order chi connectivity index (χ1) is 14.6. The van der Waals surface area contributed by atoms with Crippen LogP contribution in [0.25, 0.3) is 0 Å². The monoisotopic (exact) mass is 412 g/mol. The second-order valence-electron chi connectivity index (χ2n) is 6.86. The largest absolute Gasteiger partial charge is 0.493 e. The summed E-state index contributed by atoms with van der Waals surface area (Å²) >= 11 is 0. The fourth-order valence-corrected chi connectivity index (χ4v) is 2.87. The van der Waals surface area contributed by atoms with E-state index in [0.29, 0.717) is 19.8 Å². The van der Waals surface area contributed by atoms with Crippen LogP contribution in [0, 0.1) is 13.8 Å². The van der Waals surface area contributed by atoms with Crippen LogP contribution in [-0.4, -0.2) is 38.1 Å². The van der Waals surface area contributed by atoms with Crippen LogP contribution in [0.15, 0.2) is 47.8 Å². The molecule has 0 aliphatic carbocycles. The molecule has 2 rings (SSSR count). The van der Waals surface area contributed by atoms with Crippen molar-refractivity contribution in [2.45, 2.75) is 40.0 Å². The number of pyridine rings is 1. The zero-order valence-corrected chi connectivity index (χ0v) is 18.4. The van der Waals surface area contributed by atoms with E-state index in [0.717, 1.165) is 53.3 Å². The Hall–Kier alpha value is -3.02. The quantitative estimate of drug-likeness (QED) is 0.194. The van der Waals surface area contributed by atoms with Crippen molar-refractivity contribution >= 4 is 6.21 Å². The first kappa shape index (κ1) is 23.3. The molecule has 6 nitrogen and oxygen atoms in total. The summed E-state index contributed by atoms with van der Waals surface area (Å²) in [6, 6.07) is 7.78. The van der Waals surface area contributed by atoms with Crippen LogP contribution < -0.4 is 14.2 Å². The molecular formula is C24H32N2O4. The van der Waals surface area contributed by atoms with E-state index in [1.807, 2.05) is 43.3 Å². The van der Waals surface area contributed by atoms with Gasteiger partial charge in [0.1, 0.15) is 31.0 Å². The van der Waals surface area contributed by atoms with Crippen molar-refractivity contribution in [1.82, 2.24) is 4.98 Å². The Kier molecular flexibility index (Phi) is 10.3. The lowest BCUT2D eigenvalue weighted by molar-refractivity contribution is 0.215.